The van der Waals surface area contributed by atoms with Crippen molar-refractivity contribution < 1.29 is 8.42 Å². The van der Waals surface area contributed by atoms with E-state index in [-0.39, 0.29) is 4.90 Å². The molecule has 2 aromatic carbocycles. The van der Waals surface area contributed by atoms with Gasteiger partial charge in [0, 0.05) is 4.47 Å². The molecule has 0 aliphatic heterocycles. The summed E-state index contributed by atoms with van der Waals surface area (Å²) in [7, 11) is -3.57. The number of anilines is 1. The minimum absolute atomic E-state index is 0.258. The fourth-order valence-corrected chi connectivity index (χ4v) is 3.47. The highest BCUT2D eigenvalue weighted by molar-refractivity contribution is 9.10. The first kappa shape index (κ1) is 15.1. The third kappa shape index (κ3) is 3.22. The van der Waals surface area contributed by atoms with Gasteiger partial charge in [0.2, 0.25) is 0 Å². The van der Waals surface area contributed by atoms with Crippen LogP contribution in [0, 0.1) is 20.8 Å². The summed E-state index contributed by atoms with van der Waals surface area (Å²) in [4.78, 5) is 0.258. The Kier molecular flexibility index (Phi) is 4.20. The Hall–Kier alpha value is -1.33. The first-order valence-electron chi connectivity index (χ1n) is 6.16. The van der Waals surface area contributed by atoms with Crippen LogP contribution in [0.4, 0.5) is 5.69 Å². The second-order valence-electron chi connectivity index (χ2n) is 4.86. The molecule has 106 valence electrons. The lowest BCUT2D eigenvalue weighted by Gasteiger charge is -2.12. The van der Waals surface area contributed by atoms with Gasteiger partial charge in [0.05, 0.1) is 10.6 Å². The first-order chi connectivity index (χ1) is 9.29. The van der Waals surface area contributed by atoms with Gasteiger partial charge in [0.15, 0.2) is 0 Å². The van der Waals surface area contributed by atoms with Crippen molar-refractivity contribution in [1.82, 2.24) is 0 Å². The van der Waals surface area contributed by atoms with E-state index in [0.717, 1.165) is 21.2 Å². The van der Waals surface area contributed by atoms with Crippen LogP contribution in [-0.2, 0) is 10.0 Å². The lowest BCUT2D eigenvalue weighted by molar-refractivity contribution is 0.601. The molecule has 0 fully saturated rings. The van der Waals surface area contributed by atoms with E-state index in [1.54, 1.807) is 24.3 Å². The quantitative estimate of drug-likeness (QED) is 0.899. The molecule has 0 heterocycles. The number of sulfonamides is 1. The maximum atomic E-state index is 12.4. The van der Waals surface area contributed by atoms with Gasteiger partial charge in [-0.15, -0.1) is 0 Å². The van der Waals surface area contributed by atoms with Gasteiger partial charge in [0.25, 0.3) is 10.0 Å². The molecule has 0 aliphatic carbocycles. The molecule has 0 aromatic heterocycles. The maximum absolute atomic E-state index is 12.4. The summed E-state index contributed by atoms with van der Waals surface area (Å²) >= 11 is 3.42. The van der Waals surface area contributed by atoms with Crippen molar-refractivity contribution in [1.29, 1.82) is 0 Å². The van der Waals surface area contributed by atoms with Crippen LogP contribution in [0.5, 0.6) is 0 Å². The number of hydrogen-bond acceptors (Lipinski definition) is 2. The van der Waals surface area contributed by atoms with Crippen LogP contribution in [0.2, 0.25) is 0 Å². The Morgan fingerprint density at radius 2 is 1.55 bits per heavy atom. The average molecular weight is 354 g/mol. The zero-order valence-corrected chi connectivity index (χ0v) is 14.0. The Bertz CT molecular complexity index is 737. The maximum Gasteiger partial charge on any atom is 0.261 e. The second kappa shape index (κ2) is 5.58. The molecule has 2 aromatic rings. The van der Waals surface area contributed by atoms with E-state index in [9.17, 15) is 8.42 Å². The van der Waals surface area contributed by atoms with Gasteiger partial charge < -0.3 is 0 Å². The van der Waals surface area contributed by atoms with Crippen molar-refractivity contribution in [2.75, 3.05) is 4.72 Å². The highest BCUT2D eigenvalue weighted by Crippen LogP contribution is 2.29. The fraction of sp³-hybridized carbons (Fsp3) is 0.200. The minimum Gasteiger partial charge on any atom is -0.278 e. The summed E-state index contributed by atoms with van der Waals surface area (Å²) in [5.74, 6) is 0. The minimum atomic E-state index is -3.57. The predicted molar refractivity (Wildman–Crippen MR) is 85.6 cm³/mol. The largest absolute Gasteiger partial charge is 0.278 e. The van der Waals surface area contributed by atoms with Crippen molar-refractivity contribution in [3.63, 3.8) is 0 Å². The number of aryl methyl sites for hydroxylation is 3. The molecule has 3 nitrogen and oxygen atoms in total. The highest BCUT2D eigenvalue weighted by Gasteiger charge is 2.16. The van der Waals surface area contributed by atoms with Crippen LogP contribution < -0.4 is 4.72 Å². The number of halogens is 1. The SMILES string of the molecule is Cc1ccc(S(=O)(=O)Nc2cc(C)cc(C)c2Br)cc1. The molecule has 0 radical (unpaired) electrons. The van der Waals surface area contributed by atoms with Gasteiger partial charge in [-0.2, -0.15) is 0 Å². The molecule has 20 heavy (non-hydrogen) atoms. The molecular weight excluding hydrogens is 338 g/mol. The third-order valence-corrected chi connectivity index (χ3v) is 5.41. The lowest BCUT2D eigenvalue weighted by Crippen LogP contribution is -2.13. The molecule has 0 bridgehead atoms. The smallest absolute Gasteiger partial charge is 0.261 e. The van der Waals surface area contributed by atoms with Crippen LogP contribution in [0.1, 0.15) is 16.7 Å². The number of rotatable bonds is 3. The molecule has 5 heteroatoms. The molecule has 0 amide bonds. The zero-order valence-electron chi connectivity index (χ0n) is 11.6. The van der Waals surface area contributed by atoms with E-state index < -0.39 is 10.0 Å². The predicted octanol–water partition coefficient (Wildman–Crippen LogP) is 4.18. The molecule has 2 rings (SSSR count). The number of nitrogens with one attached hydrogen (secondary N) is 1. The van der Waals surface area contributed by atoms with Crippen molar-refractivity contribution in [2.45, 2.75) is 25.7 Å². The highest BCUT2D eigenvalue weighted by atomic mass is 79.9. The van der Waals surface area contributed by atoms with E-state index >= 15 is 0 Å². The Morgan fingerprint density at radius 3 is 2.15 bits per heavy atom. The fourth-order valence-electron chi connectivity index (χ4n) is 1.95. The van der Waals surface area contributed by atoms with Crippen LogP contribution in [0.25, 0.3) is 0 Å². The normalized spacial score (nSPS) is 11.4. The van der Waals surface area contributed by atoms with Crippen LogP contribution >= 0.6 is 15.9 Å². The van der Waals surface area contributed by atoms with E-state index in [4.69, 9.17) is 0 Å². The van der Waals surface area contributed by atoms with Crippen LogP contribution in [0.3, 0.4) is 0 Å². The zero-order chi connectivity index (χ0) is 14.9. The van der Waals surface area contributed by atoms with Crippen molar-refractivity contribution >= 4 is 31.6 Å². The van der Waals surface area contributed by atoms with Crippen molar-refractivity contribution in [3.05, 3.63) is 57.6 Å². The average Bonchev–Trinajstić information content (AvgIpc) is 2.35. The van der Waals surface area contributed by atoms with Crippen molar-refractivity contribution in [3.8, 4) is 0 Å². The standard InChI is InChI=1S/C15H16BrNO2S/c1-10-4-6-13(7-5-10)20(18,19)17-14-9-11(2)8-12(3)15(14)16/h4-9,17H,1-3H3. The van der Waals surface area contributed by atoms with Gasteiger partial charge in [-0.25, -0.2) is 8.42 Å². The van der Waals surface area contributed by atoms with Crippen LogP contribution in [0.15, 0.2) is 45.8 Å². The molecule has 0 spiro atoms. The summed E-state index contributed by atoms with van der Waals surface area (Å²) in [6.45, 7) is 5.79. The molecule has 1 N–H and O–H groups in total. The summed E-state index contributed by atoms with van der Waals surface area (Å²) in [5, 5.41) is 0. The lowest BCUT2D eigenvalue weighted by atomic mass is 10.1. The molecule has 0 saturated carbocycles. The summed E-state index contributed by atoms with van der Waals surface area (Å²) in [6, 6.07) is 10.6. The number of benzene rings is 2. The van der Waals surface area contributed by atoms with E-state index in [2.05, 4.69) is 20.7 Å². The Morgan fingerprint density at radius 1 is 0.950 bits per heavy atom. The summed E-state index contributed by atoms with van der Waals surface area (Å²) in [5.41, 5.74) is 3.58. The van der Waals surface area contributed by atoms with Crippen molar-refractivity contribution in [2.24, 2.45) is 0 Å². The molecule has 0 saturated heterocycles. The first-order valence-corrected chi connectivity index (χ1v) is 8.43. The molecule has 0 atom stereocenters. The topological polar surface area (TPSA) is 46.2 Å². The summed E-state index contributed by atoms with van der Waals surface area (Å²) in [6.07, 6.45) is 0. The molecule has 0 aliphatic rings. The summed E-state index contributed by atoms with van der Waals surface area (Å²) < 4.78 is 28.1. The van der Waals surface area contributed by atoms with Gasteiger partial charge in [0.1, 0.15) is 0 Å². The Labute approximate surface area is 128 Å². The van der Waals surface area contributed by atoms with Gasteiger partial charge in [-0.1, -0.05) is 23.8 Å². The molecular formula is C15H16BrNO2S. The van der Waals surface area contributed by atoms with E-state index in [1.165, 1.54) is 0 Å². The molecule has 0 unspecified atom stereocenters. The van der Waals surface area contributed by atoms with Gasteiger partial charge in [-0.3, -0.25) is 4.72 Å². The van der Waals surface area contributed by atoms with E-state index in [1.807, 2.05) is 32.9 Å². The van der Waals surface area contributed by atoms with Crippen LogP contribution in [-0.4, -0.2) is 8.42 Å². The Balaban J connectivity index is 2.41. The van der Waals surface area contributed by atoms with Gasteiger partial charge in [-0.05, 0) is 66.0 Å². The second-order valence-corrected chi connectivity index (χ2v) is 7.34. The monoisotopic (exact) mass is 353 g/mol. The number of hydrogen-bond donors (Lipinski definition) is 1. The van der Waals surface area contributed by atoms with E-state index in [0.29, 0.717) is 5.69 Å². The van der Waals surface area contributed by atoms with Gasteiger partial charge >= 0.3 is 0 Å². The third-order valence-electron chi connectivity index (χ3n) is 2.97.